The van der Waals surface area contributed by atoms with Crippen molar-refractivity contribution < 1.29 is 0 Å². The third kappa shape index (κ3) is 2.25. The summed E-state index contributed by atoms with van der Waals surface area (Å²) >= 11 is 0. The zero-order chi connectivity index (χ0) is 9.26. The van der Waals surface area contributed by atoms with E-state index in [1.165, 1.54) is 45.2 Å². The van der Waals surface area contributed by atoms with Crippen molar-refractivity contribution in [3.05, 3.63) is 0 Å². The molecule has 76 valence electrons. The van der Waals surface area contributed by atoms with Gasteiger partial charge in [-0.3, -0.25) is 0 Å². The number of rotatable bonds is 3. The number of likely N-dealkylation sites (tertiary alicyclic amines) is 1. The fourth-order valence-electron chi connectivity index (χ4n) is 2.73. The molecule has 1 saturated heterocycles. The molecule has 0 bridgehead atoms. The number of nitrogens with zero attached hydrogens (tertiary/aromatic N) is 1. The first-order chi connectivity index (χ1) is 6.31. The number of hydrogen-bond donors (Lipinski definition) is 0. The van der Waals surface area contributed by atoms with Crippen LogP contribution in [0.1, 0.15) is 46.0 Å². The van der Waals surface area contributed by atoms with Gasteiger partial charge in [-0.25, -0.2) is 0 Å². The van der Waals surface area contributed by atoms with E-state index in [4.69, 9.17) is 0 Å². The summed E-state index contributed by atoms with van der Waals surface area (Å²) in [4.78, 5) is 2.76. The molecule has 1 aliphatic carbocycles. The van der Waals surface area contributed by atoms with Crippen molar-refractivity contribution >= 4 is 0 Å². The summed E-state index contributed by atoms with van der Waals surface area (Å²) in [5.74, 6) is 2.05. The van der Waals surface area contributed by atoms with Crippen LogP contribution in [0.15, 0.2) is 0 Å². The molecule has 2 rings (SSSR count). The highest BCUT2D eigenvalue weighted by Gasteiger charge is 2.34. The van der Waals surface area contributed by atoms with E-state index < -0.39 is 0 Å². The van der Waals surface area contributed by atoms with Crippen molar-refractivity contribution in [1.29, 1.82) is 0 Å². The van der Waals surface area contributed by atoms with Gasteiger partial charge in [-0.1, -0.05) is 13.8 Å². The monoisotopic (exact) mass is 181 g/mol. The van der Waals surface area contributed by atoms with E-state index in [-0.39, 0.29) is 0 Å². The van der Waals surface area contributed by atoms with Gasteiger partial charge in [-0.15, -0.1) is 0 Å². The third-order valence-electron chi connectivity index (χ3n) is 3.87. The van der Waals surface area contributed by atoms with E-state index in [1.54, 1.807) is 0 Å². The average molecular weight is 181 g/mol. The Labute approximate surface area is 82.5 Å². The number of piperidine rings is 1. The van der Waals surface area contributed by atoms with Crippen molar-refractivity contribution in [2.24, 2.45) is 11.8 Å². The Morgan fingerprint density at radius 3 is 2.23 bits per heavy atom. The zero-order valence-corrected chi connectivity index (χ0v) is 9.13. The predicted molar refractivity (Wildman–Crippen MR) is 56.8 cm³/mol. The van der Waals surface area contributed by atoms with Gasteiger partial charge in [0.2, 0.25) is 0 Å². The molecule has 1 heterocycles. The molecular formula is C12H23N. The Kier molecular flexibility index (Phi) is 2.92. The fourth-order valence-corrected chi connectivity index (χ4v) is 2.73. The molecule has 13 heavy (non-hydrogen) atoms. The zero-order valence-electron chi connectivity index (χ0n) is 9.13. The van der Waals surface area contributed by atoms with Gasteiger partial charge in [-0.2, -0.15) is 0 Å². The van der Waals surface area contributed by atoms with Crippen LogP contribution >= 0.6 is 0 Å². The van der Waals surface area contributed by atoms with Gasteiger partial charge in [-0.05, 0) is 57.0 Å². The van der Waals surface area contributed by atoms with Gasteiger partial charge in [0.15, 0.2) is 0 Å². The summed E-state index contributed by atoms with van der Waals surface area (Å²) in [6.07, 6.45) is 7.25. The molecule has 1 atom stereocenters. The molecule has 2 aliphatic rings. The first kappa shape index (κ1) is 9.51. The highest BCUT2D eigenvalue weighted by Crippen LogP contribution is 2.38. The van der Waals surface area contributed by atoms with Crippen molar-refractivity contribution in [2.75, 3.05) is 13.1 Å². The molecule has 0 aromatic carbocycles. The van der Waals surface area contributed by atoms with Gasteiger partial charge in [0.25, 0.3) is 0 Å². The summed E-state index contributed by atoms with van der Waals surface area (Å²) in [6.45, 7) is 7.50. The van der Waals surface area contributed by atoms with Crippen LogP contribution in [-0.2, 0) is 0 Å². The lowest BCUT2D eigenvalue weighted by Gasteiger charge is -2.36. The maximum atomic E-state index is 2.76. The lowest BCUT2D eigenvalue weighted by molar-refractivity contribution is 0.120. The summed E-state index contributed by atoms with van der Waals surface area (Å²) in [6, 6.07) is 0.937. The lowest BCUT2D eigenvalue weighted by atomic mass is 9.96. The Bertz CT molecular complexity index is 155. The molecule has 1 nitrogen and oxygen atoms in total. The Morgan fingerprint density at radius 1 is 1.15 bits per heavy atom. The molecule has 0 aromatic heterocycles. The second-order valence-electron chi connectivity index (χ2n) is 5.03. The van der Waals surface area contributed by atoms with Crippen molar-refractivity contribution in [3.63, 3.8) is 0 Å². The molecule has 0 aromatic rings. The van der Waals surface area contributed by atoms with Gasteiger partial charge >= 0.3 is 0 Å². The van der Waals surface area contributed by atoms with E-state index >= 15 is 0 Å². The maximum absolute atomic E-state index is 2.76. The second-order valence-corrected chi connectivity index (χ2v) is 5.03. The first-order valence-corrected chi connectivity index (χ1v) is 6.05. The smallest absolute Gasteiger partial charge is 0.0121 e. The first-order valence-electron chi connectivity index (χ1n) is 6.05. The molecule has 0 amide bonds. The minimum atomic E-state index is 0.937. The van der Waals surface area contributed by atoms with Gasteiger partial charge < -0.3 is 4.90 Å². The van der Waals surface area contributed by atoms with Gasteiger partial charge in [0, 0.05) is 6.04 Å². The van der Waals surface area contributed by atoms with Crippen LogP contribution in [0.3, 0.4) is 0 Å². The quantitative estimate of drug-likeness (QED) is 0.647. The summed E-state index contributed by atoms with van der Waals surface area (Å²) in [7, 11) is 0. The maximum Gasteiger partial charge on any atom is 0.0121 e. The molecular weight excluding hydrogens is 158 g/mol. The van der Waals surface area contributed by atoms with Crippen molar-refractivity contribution in [3.8, 4) is 0 Å². The third-order valence-corrected chi connectivity index (χ3v) is 3.87. The fraction of sp³-hybridized carbons (Fsp3) is 1.00. The van der Waals surface area contributed by atoms with Crippen LogP contribution in [0.5, 0.6) is 0 Å². The molecule has 1 heteroatoms. The molecule has 1 unspecified atom stereocenters. The van der Waals surface area contributed by atoms with Crippen LogP contribution in [0.2, 0.25) is 0 Å². The highest BCUT2D eigenvalue weighted by atomic mass is 15.2. The van der Waals surface area contributed by atoms with E-state index in [1.807, 2.05) is 0 Å². The van der Waals surface area contributed by atoms with Crippen LogP contribution in [0.4, 0.5) is 0 Å². The van der Waals surface area contributed by atoms with Crippen LogP contribution in [0.25, 0.3) is 0 Å². The summed E-state index contributed by atoms with van der Waals surface area (Å²) in [5, 5.41) is 0. The largest absolute Gasteiger partial charge is 0.300 e. The Balaban J connectivity index is 1.84. The molecule has 0 spiro atoms. The van der Waals surface area contributed by atoms with E-state index in [0.29, 0.717) is 0 Å². The Morgan fingerprint density at radius 2 is 1.77 bits per heavy atom. The van der Waals surface area contributed by atoms with E-state index in [9.17, 15) is 0 Å². The molecule has 1 aliphatic heterocycles. The standard InChI is InChI=1S/C12H23N/c1-3-12(11-4-5-11)13-8-6-10(2)7-9-13/h10-12H,3-9H2,1-2H3. The van der Waals surface area contributed by atoms with Crippen molar-refractivity contribution in [1.82, 2.24) is 4.90 Å². The SMILES string of the molecule is CCC(C1CC1)N1CCC(C)CC1. The second kappa shape index (κ2) is 4.00. The van der Waals surface area contributed by atoms with E-state index in [0.717, 1.165) is 17.9 Å². The van der Waals surface area contributed by atoms with Gasteiger partial charge in [0.1, 0.15) is 0 Å². The van der Waals surface area contributed by atoms with Crippen LogP contribution < -0.4 is 0 Å². The Hall–Kier alpha value is -0.0400. The average Bonchev–Trinajstić information content (AvgIpc) is 2.93. The van der Waals surface area contributed by atoms with Gasteiger partial charge in [0.05, 0.1) is 0 Å². The van der Waals surface area contributed by atoms with Crippen molar-refractivity contribution in [2.45, 2.75) is 52.0 Å². The molecule has 0 N–H and O–H groups in total. The molecule has 1 saturated carbocycles. The van der Waals surface area contributed by atoms with Crippen LogP contribution in [0, 0.1) is 11.8 Å². The highest BCUT2D eigenvalue weighted by molar-refractivity contribution is 4.88. The summed E-state index contributed by atoms with van der Waals surface area (Å²) in [5.41, 5.74) is 0. The number of hydrogen-bond acceptors (Lipinski definition) is 1. The molecule has 2 fully saturated rings. The molecule has 0 radical (unpaired) electrons. The van der Waals surface area contributed by atoms with E-state index in [2.05, 4.69) is 18.7 Å². The normalized spacial score (nSPS) is 29.1. The lowest BCUT2D eigenvalue weighted by Crippen LogP contribution is -2.41. The predicted octanol–water partition coefficient (Wildman–Crippen LogP) is 2.91. The minimum Gasteiger partial charge on any atom is -0.300 e. The van der Waals surface area contributed by atoms with Crippen LogP contribution in [-0.4, -0.2) is 24.0 Å². The topological polar surface area (TPSA) is 3.24 Å². The minimum absolute atomic E-state index is 0.937. The summed E-state index contributed by atoms with van der Waals surface area (Å²) < 4.78 is 0.